The summed E-state index contributed by atoms with van der Waals surface area (Å²) >= 11 is 0. The summed E-state index contributed by atoms with van der Waals surface area (Å²) in [5.74, 6) is -1.54. The third-order valence-electron chi connectivity index (χ3n) is 2.49. The Morgan fingerprint density at radius 2 is 2.00 bits per heavy atom. The lowest BCUT2D eigenvalue weighted by Gasteiger charge is -2.16. The molecule has 0 heterocycles. The van der Waals surface area contributed by atoms with Crippen molar-refractivity contribution < 1.29 is 14.7 Å². The highest BCUT2D eigenvalue weighted by Gasteiger charge is 2.16. The van der Waals surface area contributed by atoms with E-state index in [4.69, 9.17) is 10.8 Å². The molecule has 0 fully saturated rings. The number of carboxylic acid groups (broad SMARTS) is 1. The first kappa shape index (κ1) is 13.8. The zero-order valence-electron chi connectivity index (χ0n) is 10.6. The van der Waals surface area contributed by atoms with E-state index in [0.717, 1.165) is 5.69 Å². The number of rotatable bonds is 4. The number of aliphatic carboxylic acids is 1. The van der Waals surface area contributed by atoms with Crippen LogP contribution in [0.4, 0.5) is 11.4 Å². The molecule has 0 aromatic heterocycles. The van der Waals surface area contributed by atoms with E-state index in [2.05, 4.69) is 5.32 Å². The molecule has 1 unspecified atom stereocenters. The van der Waals surface area contributed by atoms with Crippen molar-refractivity contribution in [2.24, 2.45) is 0 Å². The molecule has 1 aromatic rings. The van der Waals surface area contributed by atoms with Crippen LogP contribution in [0.3, 0.4) is 0 Å². The van der Waals surface area contributed by atoms with Gasteiger partial charge in [-0.3, -0.25) is 9.59 Å². The van der Waals surface area contributed by atoms with Gasteiger partial charge in [0.1, 0.15) is 6.04 Å². The van der Waals surface area contributed by atoms with Crippen molar-refractivity contribution in [1.29, 1.82) is 0 Å². The van der Waals surface area contributed by atoms with Gasteiger partial charge >= 0.3 is 5.97 Å². The number of nitrogen functional groups attached to an aromatic ring is 1. The highest BCUT2D eigenvalue weighted by Crippen LogP contribution is 2.22. The van der Waals surface area contributed by atoms with Gasteiger partial charge in [-0.1, -0.05) is 0 Å². The molecule has 0 radical (unpaired) electrons. The first-order valence-corrected chi connectivity index (χ1v) is 5.43. The topological polar surface area (TPSA) is 95.7 Å². The molecule has 0 aliphatic rings. The molecule has 6 heteroatoms. The standard InChI is InChI=1S/C12H17N3O3/c1-7(12(17)18)14-11(16)8-4-5-10(15(2)3)9(13)6-8/h4-7H,13H2,1-3H3,(H,14,16)(H,17,18). The Balaban J connectivity index is 2.88. The number of nitrogens with zero attached hydrogens (tertiary/aromatic N) is 1. The van der Waals surface area contributed by atoms with Crippen LogP contribution in [0.2, 0.25) is 0 Å². The smallest absolute Gasteiger partial charge is 0.325 e. The van der Waals surface area contributed by atoms with Gasteiger partial charge in [0.2, 0.25) is 0 Å². The maximum atomic E-state index is 11.7. The summed E-state index contributed by atoms with van der Waals surface area (Å²) in [6.45, 7) is 1.40. The van der Waals surface area contributed by atoms with Crippen LogP contribution in [0.15, 0.2) is 18.2 Å². The average Bonchev–Trinajstić information content (AvgIpc) is 2.27. The summed E-state index contributed by atoms with van der Waals surface area (Å²) in [5.41, 5.74) is 7.42. The van der Waals surface area contributed by atoms with Crippen LogP contribution >= 0.6 is 0 Å². The number of carbonyl (C=O) groups is 2. The number of nitrogens with two attached hydrogens (primary N) is 1. The van der Waals surface area contributed by atoms with Crippen LogP contribution < -0.4 is 16.0 Å². The second-order valence-corrected chi connectivity index (χ2v) is 4.20. The van der Waals surface area contributed by atoms with Crippen LogP contribution in [0.1, 0.15) is 17.3 Å². The van der Waals surface area contributed by atoms with Gasteiger partial charge in [-0.15, -0.1) is 0 Å². The predicted octanol–water partition coefficient (Wildman–Crippen LogP) is 0.538. The Morgan fingerprint density at radius 1 is 1.39 bits per heavy atom. The second-order valence-electron chi connectivity index (χ2n) is 4.20. The molecule has 18 heavy (non-hydrogen) atoms. The van der Waals surface area contributed by atoms with Crippen molar-refractivity contribution in [3.63, 3.8) is 0 Å². The van der Waals surface area contributed by atoms with Crippen molar-refractivity contribution >= 4 is 23.3 Å². The van der Waals surface area contributed by atoms with Gasteiger partial charge in [0.15, 0.2) is 0 Å². The quantitative estimate of drug-likeness (QED) is 0.679. The van der Waals surface area contributed by atoms with Crippen molar-refractivity contribution in [1.82, 2.24) is 5.32 Å². The molecule has 0 spiro atoms. The van der Waals surface area contributed by atoms with Gasteiger partial charge in [-0.05, 0) is 25.1 Å². The number of nitrogens with one attached hydrogen (secondary N) is 1. The maximum Gasteiger partial charge on any atom is 0.325 e. The van der Waals surface area contributed by atoms with Gasteiger partial charge in [-0.25, -0.2) is 0 Å². The van der Waals surface area contributed by atoms with Crippen LogP contribution in [-0.2, 0) is 4.79 Å². The molecular formula is C12H17N3O3. The van der Waals surface area contributed by atoms with E-state index in [1.54, 1.807) is 12.1 Å². The number of hydrogen-bond acceptors (Lipinski definition) is 4. The Hall–Kier alpha value is -2.24. The first-order chi connectivity index (χ1) is 8.32. The number of hydrogen-bond donors (Lipinski definition) is 3. The molecule has 1 rings (SSSR count). The monoisotopic (exact) mass is 251 g/mol. The molecule has 0 bridgehead atoms. The summed E-state index contributed by atoms with van der Waals surface area (Å²) in [6, 6.07) is 3.91. The Morgan fingerprint density at radius 3 is 2.44 bits per heavy atom. The summed E-state index contributed by atoms with van der Waals surface area (Å²) in [4.78, 5) is 24.2. The lowest BCUT2D eigenvalue weighted by molar-refractivity contribution is -0.138. The minimum absolute atomic E-state index is 0.339. The summed E-state index contributed by atoms with van der Waals surface area (Å²) in [6.07, 6.45) is 0. The molecule has 1 amide bonds. The van der Waals surface area contributed by atoms with Gasteiger partial charge in [0.05, 0.1) is 11.4 Å². The molecule has 0 aliphatic heterocycles. The Bertz CT molecular complexity index is 472. The van der Waals surface area contributed by atoms with E-state index in [9.17, 15) is 9.59 Å². The number of carboxylic acids is 1. The molecule has 1 aromatic carbocycles. The number of anilines is 2. The SMILES string of the molecule is CC(NC(=O)c1ccc(N(C)C)c(N)c1)C(=O)O. The third-order valence-corrected chi connectivity index (χ3v) is 2.49. The van der Waals surface area contributed by atoms with Crippen LogP contribution in [0.5, 0.6) is 0 Å². The normalized spacial score (nSPS) is 11.7. The fourth-order valence-corrected chi connectivity index (χ4v) is 1.44. The first-order valence-electron chi connectivity index (χ1n) is 5.43. The van der Waals surface area contributed by atoms with E-state index in [-0.39, 0.29) is 0 Å². The van der Waals surface area contributed by atoms with E-state index in [0.29, 0.717) is 11.3 Å². The minimum Gasteiger partial charge on any atom is -0.480 e. The molecule has 98 valence electrons. The fourth-order valence-electron chi connectivity index (χ4n) is 1.44. The molecule has 0 aliphatic carbocycles. The Kier molecular flexibility index (Phi) is 4.14. The zero-order chi connectivity index (χ0) is 13.9. The van der Waals surface area contributed by atoms with E-state index < -0.39 is 17.9 Å². The van der Waals surface area contributed by atoms with Crippen LogP contribution in [0, 0.1) is 0 Å². The maximum absolute atomic E-state index is 11.7. The summed E-state index contributed by atoms with van der Waals surface area (Å²) in [7, 11) is 3.69. The Labute approximate surface area is 105 Å². The van der Waals surface area contributed by atoms with E-state index in [1.165, 1.54) is 13.0 Å². The van der Waals surface area contributed by atoms with Crippen molar-refractivity contribution in [2.75, 3.05) is 24.7 Å². The summed E-state index contributed by atoms with van der Waals surface area (Å²) < 4.78 is 0. The molecule has 6 nitrogen and oxygen atoms in total. The van der Waals surface area contributed by atoms with Crippen LogP contribution in [-0.4, -0.2) is 37.1 Å². The molecule has 4 N–H and O–H groups in total. The molecule has 0 saturated carbocycles. The van der Waals surface area contributed by atoms with Crippen molar-refractivity contribution in [2.45, 2.75) is 13.0 Å². The third kappa shape index (κ3) is 3.13. The van der Waals surface area contributed by atoms with Gasteiger partial charge in [0.25, 0.3) is 5.91 Å². The van der Waals surface area contributed by atoms with E-state index >= 15 is 0 Å². The highest BCUT2D eigenvalue weighted by atomic mass is 16.4. The second kappa shape index (κ2) is 5.39. The molecule has 1 atom stereocenters. The van der Waals surface area contributed by atoms with Crippen molar-refractivity contribution in [3.8, 4) is 0 Å². The average molecular weight is 251 g/mol. The largest absolute Gasteiger partial charge is 0.480 e. The highest BCUT2D eigenvalue weighted by molar-refractivity contribution is 5.98. The van der Waals surface area contributed by atoms with E-state index in [1.807, 2.05) is 19.0 Å². The lowest BCUT2D eigenvalue weighted by Crippen LogP contribution is -2.38. The van der Waals surface area contributed by atoms with Gasteiger partial charge < -0.3 is 21.1 Å². The summed E-state index contributed by atoms with van der Waals surface area (Å²) in [5, 5.41) is 11.1. The fraction of sp³-hybridized carbons (Fsp3) is 0.333. The molecule has 0 saturated heterocycles. The van der Waals surface area contributed by atoms with Gasteiger partial charge in [0, 0.05) is 19.7 Å². The van der Waals surface area contributed by atoms with Gasteiger partial charge in [-0.2, -0.15) is 0 Å². The predicted molar refractivity (Wildman–Crippen MR) is 69.7 cm³/mol. The van der Waals surface area contributed by atoms with Crippen molar-refractivity contribution in [3.05, 3.63) is 23.8 Å². The number of carbonyl (C=O) groups excluding carboxylic acids is 1. The number of amides is 1. The molecular weight excluding hydrogens is 234 g/mol. The minimum atomic E-state index is -1.08. The zero-order valence-corrected chi connectivity index (χ0v) is 10.6. The number of benzene rings is 1. The van der Waals surface area contributed by atoms with Crippen LogP contribution in [0.25, 0.3) is 0 Å². The lowest BCUT2D eigenvalue weighted by atomic mass is 10.1.